The van der Waals surface area contributed by atoms with Crippen molar-refractivity contribution in [1.29, 1.82) is 0 Å². The van der Waals surface area contributed by atoms with Gasteiger partial charge in [-0.1, -0.05) is 41.4 Å². The van der Waals surface area contributed by atoms with Gasteiger partial charge in [-0.3, -0.25) is 20.2 Å². The van der Waals surface area contributed by atoms with Crippen LogP contribution < -0.4 is 9.64 Å². The van der Waals surface area contributed by atoms with Crippen LogP contribution in [0.25, 0.3) is 0 Å². The maximum atomic E-state index is 11.7. The lowest BCUT2D eigenvalue weighted by Crippen LogP contribution is -2.22. The first-order chi connectivity index (χ1) is 13.9. The van der Waals surface area contributed by atoms with Crippen molar-refractivity contribution in [3.63, 3.8) is 0 Å². The molecule has 146 valence electrons. The summed E-state index contributed by atoms with van der Waals surface area (Å²) in [5, 5.41) is 23.8. The van der Waals surface area contributed by atoms with Gasteiger partial charge in [-0.25, -0.2) is 0 Å². The van der Waals surface area contributed by atoms with E-state index in [1.807, 2.05) is 0 Å². The van der Waals surface area contributed by atoms with Crippen LogP contribution in [0.5, 0.6) is 11.5 Å². The molecule has 0 atom stereocenters. The van der Waals surface area contributed by atoms with E-state index in [9.17, 15) is 20.2 Å². The third-order valence-corrected chi connectivity index (χ3v) is 5.18. The van der Waals surface area contributed by atoms with Crippen LogP contribution in [0.4, 0.5) is 22.7 Å². The maximum Gasteiger partial charge on any atom is 0.303 e. The van der Waals surface area contributed by atoms with Gasteiger partial charge in [-0.2, -0.15) is 0 Å². The Labute approximate surface area is 174 Å². The Balaban J connectivity index is 1.96. The number of nitro groups is 2. The molecule has 0 fully saturated rings. The highest BCUT2D eigenvalue weighted by atomic mass is 35.5. The van der Waals surface area contributed by atoms with Gasteiger partial charge in [0.25, 0.3) is 5.69 Å². The number of halogens is 2. The molecule has 1 aliphatic heterocycles. The van der Waals surface area contributed by atoms with Gasteiger partial charge < -0.3 is 9.64 Å². The minimum atomic E-state index is -0.702. The summed E-state index contributed by atoms with van der Waals surface area (Å²) >= 11 is 12.6. The average molecular weight is 432 g/mol. The van der Waals surface area contributed by atoms with Crippen molar-refractivity contribution in [2.75, 3.05) is 4.90 Å². The molecule has 10 heteroatoms. The number of para-hydroxylation sites is 2. The average Bonchev–Trinajstić information content (AvgIpc) is 2.69. The van der Waals surface area contributed by atoms with Gasteiger partial charge in [0.2, 0.25) is 0 Å². The summed E-state index contributed by atoms with van der Waals surface area (Å²) in [7, 11) is 0. The molecule has 0 aliphatic carbocycles. The number of fused-ring (bicyclic) bond motifs is 2. The van der Waals surface area contributed by atoms with Crippen molar-refractivity contribution in [3.8, 4) is 11.5 Å². The number of hydrogen-bond acceptors (Lipinski definition) is 6. The first-order valence-corrected chi connectivity index (χ1v) is 9.06. The summed E-state index contributed by atoms with van der Waals surface area (Å²) in [5.41, 5.74) is 0.312. The highest BCUT2D eigenvalue weighted by Crippen LogP contribution is 2.53. The molecular formula is C19H11Cl2N3O5. The molecule has 0 saturated heterocycles. The molecule has 0 amide bonds. The molecule has 1 aliphatic rings. The SMILES string of the molecule is O=[N+]([O-])c1cc2c(c([N+](=O)[O-])c1)N(Cc1c(Cl)cccc1Cl)c1ccccc1O2. The normalized spacial score (nSPS) is 12.0. The minimum absolute atomic E-state index is 0.00720. The Morgan fingerprint density at radius 1 is 0.897 bits per heavy atom. The quantitative estimate of drug-likeness (QED) is 0.357. The molecule has 3 aromatic rings. The van der Waals surface area contributed by atoms with E-state index in [2.05, 4.69) is 0 Å². The summed E-state index contributed by atoms with van der Waals surface area (Å²) < 4.78 is 5.77. The van der Waals surface area contributed by atoms with Gasteiger partial charge in [0.05, 0.1) is 34.2 Å². The first-order valence-electron chi connectivity index (χ1n) is 8.31. The Bertz CT molecular complexity index is 1150. The number of hydrogen-bond donors (Lipinski definition) is 0. The second-order valence-corrected chi connectivity index (χ2v) is 7.00. The van der Waals surface area contributed by atoms with E-state index in [1.54, 1.807) is 47.4 Å². The predicted octanol–water partition coefficient (Wildman–Crippen LogP) is 6.25. The van der Waals surface area contributed by atoms with E-state index in [0.717, 1.165) is 6.07 Å². The molecule has 8 nitrogen and oxygen atoms in total. The summed E-state index contributed by atoms with van der Waals surface area (Å²) in [6.07, 6.45) is 0. The maximum absolute atomic E-state index is 11.7. The monoisotopic (exact) mass is 431 g/mol. The Morgan fingerprint density at radius 2 is 1.59 bits per heavy atom. The zero-order valence-electron chi connectivity index (χ0n) is 14.5. The summed E-state index contributed by atoms with van der Waals surface area (Å²) in [6.45, 7) is 0.102. The van der Waals surface area contributed by atoms with Crippen LogP contribution >= 0.6 is 23.2 Å². The number of nitrogens with zero attached hydrogens (tertiary/aromatic N) is 3. The van der Waals surface area contributed by atoms with E-state index in [0.29, 0.717) is 27.0 Å². The van der Waals surface area contributed by atoms with Crippen molar-refractivity contribution >= 4 is 46.0 Å². The number of benzene rings is 3. The number of anilines is 2. The molecule has 3 aromatic carbocycles. The van der Waals surface area contributed by atoms with Crippen molar-refractivity contribution in [1.82, 2.24) is 0 Å². The van der Waals surface area contributed by atoms with Crippen LogP contribution in [-0.4, -0.2) is 9.85 Å². The zero-order valence-corrected chi connectivity index (χ0v) is 16.1. The molecule has 0 radical (unpaired) electrons. The summed E-state index contributed by atoms with van der Waals surface area (Å²) in [6, 6.07) is 14.0. The zero-order chi connectivity index (χ0) is 20.7. The molecule has 1 heterocycles. The fourth-order valence-corrected chi connectivity index (χ4v) is 3.70. The van der Waals surface area contributed by atoms with Crippen molar-refractivity contribution in [3.05, 3.63) is 90.4 Å². The Morgan fingerprint density at radius 3 is 2.24 bits per heavy atom. The lowest BCUT2D eigenvalue weighted by Gasteiger charge is -2.32. The van der Waals surface area contributed by atoms with Gasteiger partial charge in [0.1, 0.15) is 0 Å². The molecule has 0 bridgehead atoms. The fraction of sp³-hybridized carbons (Fsp3) is 0.0526. The summed E-state index contributed by atoms with van der Waals surface area (Å²) in [4.78, 5) is 23.2. The van der Waals surface area contributed by atoms with E-state index in [-0.39, 0.29) is 18.0 Å². The molecular weight excluding hydrogens is 421 g/mol. The van der Waals surface area contributed by atoms with Crippen molar-refractivity contribution < 1.29 is 14.6 Å². The van der Waals surface area contributed by atoms with E-state index >= 15 is 0 Å². The molecule has 0 spiro atoms. The fourth-order valence-electron chi connectivity index (χ4n) is 3.18. The minimum Gasteiger partial charge on any atom is -0.452 e. The van der Waals surface area contributed by atoms with Gasteiger partial charge in [-0.15, -0.1) is 0 Å². The topological polar surface area (TPSA) is 98.8 Å². The van der Waals surface area contributed by atoms with E-state index in [1.165, 1.54) is 6.07 Å². The standard InChI is InChI=1S/C19H11Cl2N3O5/c20-13-4-3-5-14(21)12(13)10-22-15-6-1-2-7-17(15)29-18-9-11(23(25)26)8-16(19(18)22)24(27)28/h1-9H,10H2. The van der Waals surface area contributed by atoms with Crippen molar-refractivity contribution in [2.45, 2.75) is 6.54 Å². The lowest BCUT2D eigenvalue weighted by atomic mass is 10.1. The highest BCUT2D eigenvalue weighted by molar-refractivity contribution is 6.36. The van der Waals surface area contributed by atoms with Crippen LogP contribution in [0.3, 0.4) is 0 Å². The molecule has 0 aromatic heterocycles. The Hall–Kier alpha value is -3.36. The molecule has 0 saturated carbocycles. The Kier molecular flexibility index (Phi) is 4.73. The lowest BCUT2D eigenvalue weighted by molar-refractivity contribution is -0.393. The van der Waals surface area contributed by atoms with Gasteiger partial charge in [0.15, 0.2) is 17.2 Å². The molecule has 0 unspecified atom stereocenters. The second kappa shape index (κ2) is 7.23. The van der Waals surface area contributed by atoms with Crippen LogP contribution in [0.15, 0.2) is 54.6 Å². The van der Waals surface area contributed by atoms with Gasteiger partial charge in [0, 0.05) is 15.6 Å². The molecule has 4 rings (SSSR count). The predicted molar refractivity (Wildman–Crippen MR) is 109 cm³/mol. The number of nitro benzene ring substituents is 2. The smallest absolute Gasteiger partial charge is 0.303 e. The molecule has 0 N–H and O–H groups in total. The highest BCUT2D eigenvalue weighted by Gasteiger charge is 2.35. The number of rotatable bonds is 4. The van der Waals surface area contributed by atoms with Crippen molar-refractivity contribution in [2.24, 2.45) is 0 Å². The van der Waals surface area contributed by atoms with Crippen LogP contribution in [-0.2, 0) is 6.54 Å². The molecule has 29 heavy (non-hydrogen) atoms. The van der Waals surface area contributed by atoms with Crippen LogP contribution in [0, 0.1) is 20.2 Å². The second-order valence-electron chi connectivity index (χ2n) is 6.18. The first kappa shape index (κ1) is 19.0. The van der Waals surface area contributed by atoms with Gasteiger partial charge in [-0.05, 0) is 24.3 Å². The number of ether oxygens (including phenoxy) is 1. The number of non-ortho nitro benzene ring substituents is 1. The summed E-state index contributed by atoms with van der Waals surface area (Å²) in [5.74, 6) is 0.408. The third-order valence-electron chi connectivity index (χ3n) is 4.47. The van der Waals surface area contributed by atoms with Crippen LogP contribution in [0.1, 0.15) is 5.56 Å². The third kappa shape index (κ3) is 3.32. The van der Waals surface area contributed by atoms with E-state index in [4.69, 9.17) is 27.9 Å². The van der Waals surface area contributed by atoms with E-state index < -0.39 is 21.2 Å². The van der Waals surface area contributed by atoms with Crippen LogP contribution in [0.2, 0.25) is 10.0 Å². The largest absolute Gasteiger partial charge is 0.452 e. The van der Waals surface area contributed by atoms with Gasteiger partial charge >= 0.3 is 5.69 Å².